The molecule has 2 aromatic carbocycles. The zero-order valence-electron chi connectivity index (χ0n) is 16.1. The Kier molecular flexibility index (Phi) is 7.82. The maximum Gasteiger partial charge on any atom is 0.238 e. The summed E-state index contributed by atoms with van der Waals surface area (Å²) in [6, 6.07) is 15.3. The third-order valence-corrected chi connectivity index (χ3v) is 4.16. The van der Waals surface area contributed by atoms with Crippen LogP contribution in [0, 0.1) is 6.92 Å². The molecule has 0 heterocycles. The van der Waals surface area contributed by atoms with E-state index >= 15 is 0 Å². The average molecular weight is 369 g/mol. The molecule has 0 saturated heterocycles. The molecule has 0 unspecified atom stereocenters. The van der Waals surface area contributed by atoms with Gasteiger partial charge in [0.05, 0.1) is 20.2 Å². The molecular weight excluding hydrogens is 342 g/mol. The van der Waals surface area contributed by atoms with Crippen molar-refractivity contribution in [2.45, 2.75) is 13.3 Å². The summed E-state index contributed by atoms with van der Waals surface area (Å²) in [7, 11) is 3.32. The van der Waals surface area contributed by atoms with E-state index in [1.807, 2.05) is 18.2 Å². The fraction of sp³-hybridized carbons (Fsp3) is 0.333. The minimum atomic E-state index is -0.182. The molecule has 0 spiro atoms. The van der Waals surface area contributed by atoms with Gasteiger partial charge < -0.3 is 15.4 Å². The summed E-state index contributed by atoms with van der Waals surface area (Å²) in [5, 5.41) is 5.70. The molecule has 2 amide bonds. The smallest absolute Gasteiger partial charge is 0.238 e. The van der Waals surface area contributed by atoms with Crippen molar-refractivity contribution in [1.82, 2.24) is 10.2 Å². The summed E-state index contributed by atoms with van der Waals surface area (Å²) < 4.78 is 5.13. The first-order valence-electron chi connectivity index (χ1n) is 8.91. The minimum Gasteiger partial charge on any atom is -0.497 e. The molecule has 6 heteroatoms. The number of hydrogen-bond acceptors (Lipinski definition) is 4. The van der Waals surface area contributed by atoms with E-state index in [0.717, 1.165) is 6.42 Å². The van der Waals surface area contributed by atoms with Crippen LogP contribution in [-0.4, -0.2) is 50.5 Å². The molecule has 2 N–H and O–H groups in total. The Morgan fingerprint density at radius 2 is 1.78 bits per heavy atom. The quantitative estimate of drug-likeness (QED) is 0.711. The van der Waals surface area contributed by atoms with E-state index in [2.05, 4.69) is 29.7 Å². The van der Waals surface area contributed by atoms with Gasteiger partial charge in [0.2, 0.25) is 11.8 Å². The van der Waals surface area contributed by atoms with Gasteiger partial charge in [-0.1, -0.05) is 30.3 Å². The van der Waals surface area contributed by atoms with Gasteiger partial charge in [0.25, 0.3) is 0 Å². The van der Waals surface area contributed by atoms with Gasteiger partial charge in [-0.05, 0) is 43.7 Å². The predicted molar refractivity (Wildman–Crippen MR) is 107 cm³/mol. The summed E-state index contributed by atoms with van der Waals surface area (Å²) in [5.41, 5.74) is 3.11. The Hall–Kier alpha value is -2.86. The van der Waals surface area contributed by atoms with E-state index in [4.69, 9.17) is 4.74 Å². The van der Waals surface area contributed by atoms with Gasteiger partial charge >= 0.3 is 0 Å². The van der Waals surface area contributed by atoms with Crippen LogP contribution in [0.2, 0.25) is 0 Å². The number of nitrogens with one attached hydrogen (secondary N) is 2. The van der Waals surface area contributed by atoms with Gasteiger partial charge in [0.1, 0.15) is 5.75 Å². The maximum absolute atomic E-state index is 12.1. The van der Waals surface area contributed by atoms with Crippen molar-refractivity contribution in [3.8, 4) is 5.75 Å². The standard InChI is InChI=1S/C21H27N3O3/c1-16-7-4-5-8-17(16)11-12-22-20(25)14-24(2)15-21(26)23-18-9-6-10-19(13-18)27-3/h4-10,13H,11-12,14-15H2,1-3H3,(H,22,25)(H,23,26). The second kappa shape index (κ2) is 10.3. The van der Waals surface area contributed by atoms with E-state index in [9.17, 15) is 9.59 Å². The molecule has 6 nitrogen and oxygen atoms in total. The summed E-state index contributed by atoms with van der Waals surface area (Å²) in [6.07, 6.45) is 0.790. The number of hydrogen-bond donors (Lipinski definition) is 2. The fourth-order valence-electron chi connectivity index (χ4n) is 2.73. The molecule has 27 heavy (non-hydrogen) atoms. The van der Waals surface area contributed by atoms with Crippen molar-refractivity contribution >= 4 is 17.5 Å². The lowest BCUT2D eigenvalue weighted by Crippen LogP contribution is -2.39. The number of carbonyl (C=O) groups excluding carboxylic acids is 2. The van der Waals surface area contributed by atoms with Crippen LogP contribution in [0.25, 0.3) is 0 Å². The second-order valence-corrected chi connectivity index (χ2v) is 6.48. The van der Waals surface area contributed by atoms with Crippen molar-refractivity contribution in [3.05, 3.63) is 59.7 Å². The third-order valence-electron chi connectivity index (χ3n) is 4.16. The normalized spacial score (nSPS) is 10.5. The summed E-state index contributed by atoms with van der Waals surface area (Å²) >= 11 is 0. The molecule has 144 valence electrons. The molecule has 2 rings (SSSR count). The van der Waals surface area contributed by atoms with Crippen molar-refractivity contribution in [3.63, 3.8) is 0 Å². The van der Waals surface area contributed by atoms with Crippen LogP contribution in [-0.2, 0) is 16.0 Å². The molecule has 0 saturated carbocycles. The van der Waals surface area contributed by atoms with E-state index in [1.54, 1.807) is 37.3 Å². The zero-order chi connectivity index (χ0) is 19.6. The van der Waals surface area contributed by atoms with Gasteiger partial charge in [-0.15, -0.1) is 0 Å². The van der Waals surface area contributed by atoms with Crippen molar-refractivity contribution in [2.75, 3.05) is 39.1 Å². The molecule has 0 aliphatic carbocycles. The van der Waals surface area contributed by atoms with Gasteiger partial charge in [-0.3, -0.25) is 14.5 Å². The SMILES string of the molecule is COc1cccc(NC(=O)CN(C)CC(=O)NCCc2ccccc2C)c1. The number of carbonyl (C=O) groups is 2. The molecule has 2 aromatic rings. The fourth-order valence-corrected chi connectivity index (χ4v) is 2.73. The summed E-state index contributed by atoms with van der Waals surface area (Å²) in [5.74, 6) is 0.396. The van der Waals surface area contributed by atoms with Crippen molar-refractivity contribution in [1.29, 1.82) is 0 Å². The zero-order valence-corrected chi connectivity index (χ0v) is 16.1. The Bertz CT molecular complexity index is 777. The number of anilines is 1. The molecule has 0 atom stereocenters. The topological polar surface area (TPSA) is 70.7 Å². The molecule has 0 aliphatic rings. The van der Waals surface area contributed by atoms with Crippen LogP contribution in [0.5, 0.6) is 5.75 Å². The highest BCUT2D eigenvalue weighted by Crippen LogP contribution is 2.16. The van der Waals surface area contributed by atoms with Crippen LogP contribution in [0.3, 0.4) is 0 Å². The highest BCUT2D eigenvalue weighted by atomic mass is 16.5. The first-order chi connectivity index (χ1) is 13.0. The summed E-state index contributed by atoms with van der Waals surface area (Å²) in [4.78, 5) is 25.8. The van der Waals surface area contributed by atoms with Gasteiger partial charge in [0, 0.05) is 18.3 Å². The number of ether oxygens (including phenoxy) is 1. The van der Waals surface area contributed by atoms with Crippen LogP contribution in [0.4, 0.5) is 5.69 Å². The van der Waals surface area contributed by atoms with Gasteiger partial charge in [-0.2, -0.15) is 0 Å². The monoisotopic (exact) mass is 369 g/mol. The lowest BCUT2D eigenvalue weighted by molar-refractivity contribution is -0.122. The Labute approximate surface area is 160 Å². The lowest BCUT2D eigenvalue weighted by Gasteiger charge is -2.16. The Balaban J connectivity index is 1.70. The van der Waals surface area contributed by atoms with Crippen LogP contribution >= 0.6 is 0 Å². The second-order valence-electron chi connectivity index (χ2n) is 6.48. The first kappa shape index (κ1) is 20.5. The third kappa shape index (κ3) is 7.11. The van der Waals surface area contributed by atoms with Crippen LogP contribution in [0.15, 0.2) is 48.5 Å². The van der Waals surface area contributed by atoms with E-state index in [-0.39, 0.29) is 24.9 Å². The predicted octanol–water partition coefficient (Wildman–Crippen LogP) is 2.23. The van der Waals surface area contributed by atoms with Crippen molar-refractivity contribution in [2.24, 2.45) is 0 Å². The number of rotatable bonds is 9. The van der Waals surface area contributed by atoms with Crippen LogP contribution in [0.1, 0.15) is 11.1 Å². The van der Waals surface area contributed by atoms with Gasteiger partial charge in [0.15, 0.2) is 0 Å². The van der Waals surface area contributed by atoms with Gasteiger partial charge in [-0.25, -0.2) is 0 Å². The number of likely N-dealkylation sites (N-methyl/N-ethyl adjacent to an activating group) is 1. The Morgan fingerprint density at radius 3 is 2.52 bits per heavy atom. The number of nitrogens with zero attached hydrogens (tertiary/aromatic N) is 1. The van der Waals surface area contributed by atoms with Crippen molar-refractivity contribution < 1.29 is 14.3 Å². The maximum atomic E-state index is 12.1. The lowest BCUT2D eigenvalue weighted by atomic mass is 10.1. The van der Waals surface area contributed by atoms with E-state index < -0.39 is 0 Å². The van der Waals surface area contributed by atoms with E-state index in [1.165, 1.54) is 11.1 Å². The molecule has 0 radical (unpaired) electrons. The molecule has 0 fully saturated rings. The largest absolute Gasteiger partial charge is 0.497 e. The molecule has 0 aromatic heterocycles. The van der Waals surface area contributed by atoms with Crippen LogP contribution < -0.4 is 15.4 Å². The number of amides is 2. The number of aryl methyl sites for hydroxylation is 1. The number of methoxy groups -OCH3 is 1. The summed E-state index contributed by atoms with van der Waals surface area (Å²) in [6.45, 7) is 2.93. The highest BCUT2D eigenvalue weighted by Gasteiger charge is 2.11. The molecule has 0 bridgehead atoms. The highest BCUT2D eigenvalue weighted by molar-refractivity contribution is 5.92. The van der Waals surface area contributed by atoms with E-state index in [0.29, 0.717) is 18.0 Å². The number of benzene rings is 2. The molecule has 0 aliphatic heterocycles. The first-order valence-corrected chi connectivity index (χ1v) is 8.91. The minimum absolute atomic E-state index is 0.0970. The Morgan fingerprint density at radius 1 is 1.04 bits per heavy atom. The molecular formula is C21H27N3O3. The average Bonchev–Trinajstić information content (AvgIpc) is 2.63.